The highest BCUT2D eigenvalue weighted by atomic mass is 16.3. The Morgan fingerprint density at radius 1 is 1.27 bits per heavy atom. The molecule has 0 saturated carbocycles. The summed E-state index contributed by atoms with van der Waals surface area (Å²) in [5.41, 5.74) is 0.225. The molecule has 0 atom stereocenters. The lowest BCUT2D eigenvalue weighted by molar-refractivity contribution is -0.115. The van der Waals surface area contributed by atoms with Crippen LogP contribution in [0.25, 0.3) is 6.08 Å². The van der Waals surface area contributed by atoms with Crippen LogP contribution in [0.1, 0.15) is 5.76 Å². The lowest BCUT2D eigenvalue weighted by atomic mass is 10.3. The van der Waals surface area contributed by atoms with E-state index in [1.165, 1.54) is 6.08 Å². The van der Waals surface area contributed by atoms with Crippen LogP contribution in [0.3, 0.4) is 0 Å². The van der Waals surface area contributed by atoms with E-state index in [0.29, 0.717) is 5.76 Å². The third-order valence-corrected chi connectivity index (χ3v) is 1.79. The first-order chi connectivity index (χ1) is 7.25. The standard InChI is InChI=1S/C10H8N2O3/c13-9-8(11-10(14)12-9)5-1-3-7-4-2-6-15-7/h1-6H,(H2,11,12,13,14)/b3-1+,8-5+. The zero-order valence-corrected chi connectivity index (χ0v) is 7.69. The monoisotopic (exact) mass is 204 g/mol. The Morgan fingerprint density at radius 2 is 2.13 bits per heavy atom. The van der Waals surface area contributed by atoms with E-state index in [9.17, 15) is 9.59 Å². The molecule has 0 unspecified atom stereocenters. The van der Waals surface area contributed by atoms with Crippen molar-refractivity contribution in [2.75, 3.05) is 0 Å². The van der Waals surface area contributed by atoms with Crippen LogP contribution < -0.4 is 10.6 Å². The molecule has 2 rings (SSSR count). The van der Waals surface area contributed by atoms with Gasteiger partial charge < -0.3 is 9.73 Å². The summed E-state index contributed by atoms with van der Waals surface area (Å²) in [5, 5.41) is 4.46. The minimum Gasteiger partial charge on any atom is -0.465 e. The van der Waals surface area contributed by atoms with E-state index in [1.807, 2.05) is 0 Å². The first-order valence-electron chi connectivity index (χ1n) is 4.30. The van der Waals surface area contributed by atoms with Gasteiger partial charge in [0.2, 0.25) is 0 Å². The van der Waals surface area contributed by atoms with Crippen molar-refractivity contribution in [1.82, 2.24) is 10.6 Å². The topological polar surface area (TPSA) is 71.3 Å². The molecule has 0 aromatic carbocycles. The van der Waals surface area contributed by atoms with Gasteiger partial charge >= 0.3 is 6.03 Å². The maximum atomic E-state index is 11.1. The van der Waals surface area contributed by atoms with Crippen LogP contribution in [-0.4, -0.2) is 11.9 Å². The first-order valence-corrected chi connectivity index (χ1v) is 4.30. The fraction of sp³-hybridized carbons (Fsp3) is 0. The van der Waals surface area contributed by atoms with Crippen LogP contribution in [-0.2, 0) is 4.79 Å². The van der Waals surface area contributed by atoms with E-state index in [1.54, 1.807) is 30.5 Å². The highest BCUT2D eigenvalue weighted by Gasteiger charge is 2.21. The minimum atomic E-state index is -0.502. The van der Waals surface area contributed by atoms with Crippen LogP contribution in [0.2, 0.25) is 0 Å². The number of nitrogens with one attached hydrogen (secondary N) is 2. The Balaban J connectivity index is 2.06. The predicted molar refractivity (Wildman–Crippen MR) is 52.5 cm³/mol. The lowest BCUT2D eigenvalue weighted by Crippen LogP contribution is -2.22. The largest absolute Gasteiger partial charge is 0.465 e. The maximum absolute atomic E-state index is 11.1. The summed E-state index contributed by atoms with van der Waals surface area (Å²) in [5.74, 6) is 0.251. The van der Waals surface area contributed by atoms with Crippen LogP contribution in [0.15, 0.2) is 40.7 Å². The Kier molecular flexibility index (Phi) is 2.37. The van der Waals surface area contributed by atoms with Gasteiger partial charge in [0, 0.05) is 0 Å². The third-order valence-electron chi connectivity index (χ3n) is 1.79. The molecule has 0 aliphatic carbocycles. The fourth-order valence-corrected chi connectivity index (χ4v) is 1.12. The summed E-state index contributed by atoms with van der Waals surface area (Å²) in [6.07, 6.45) is 6.36. The van der Waals surface area contributed by atoms with Gasteiger partial charge in [-0.05, 0) is 24.3 Å². The molecule has 76 valence electrons. The van der Waals surface area contributed by atoms with Crippen LogP contribution in [0, 0.1) is 0 Å². The highest BCUT2D eigenvalue weighted by Crippen LogP contribution is 2.04. The number of hydrogen-bond acceptors (Lipinski definition) is 3. The summed E-state index contributed by atoms with van der Waals surface area (Å²) >= 11 is 0. The quantitative estimate of drug-likeness (QED) is 0.558. The van der Waals surface area contributed by atoms with Gasteiger partial charge in [-0.25, -0.2) is 4.79 Å². The summed E-state index contributed by atoms with van der Waals surface area (Å²) in [6, 6.07) is 3.04. The van der Waals surface area contributed by atoms with E-state index in [0.717, 1.165) is 0 Å². The summed E-state index contributed by atoms with van der Waals surface area (Å²) < 4.78 is 5.04. The van der Waals surface area contributed by atoms with E-state index in [-0.39, 0.29) is 5.70 Å². The van der Waals surface area contributed by atoms with E-state index in [4.69, 9.17) is 4.42 Å². The molecule has 1 aliphatic heterocycles. The summed E-state index contributed by atoms with van der Waals surface area (Å²) in [6.45, 7) is 0. The number of amides is 3. The van der Waals surface area contributed by atoms with Crippen molar-refractivity contribution in [3.63, 3.8) is 0 Å². The average molecular weight is 204 g/mol. The number of allylic oxidation sites excluding steroid dienone is 2. The third kappa shape index (κ3) is 2.14. The second-order valence-electron chi connectivity index (χ2n) is 2.86. The van der Waals surface area contributed by atoms with Crippen molar-refractivity contribution in [3.8, 4) is 0 Å². The van der Waals surface area contributed by atoms with Crippen molar-refractivity contribution in [2.45, 2.75) is 0 Å². The molecular weight excluding hydrogens is 196 g/mol. The molecule has 0 bridgehead atoms. The van der Waals surface area contributed by atoms with Crippen LogP contribution >= 0.6 is 0 Å². The zero-order chi connectivity index (χ0) is 10.7. The number of carbonyl (C=O) groups is 2. The van der Waals surface area contributed by atoms with E-state index < -0.39 is 11.9 Å². The van der Waals surface area contributed by atoms with Gasteiger partial charge in [0.15, 0.2) is 0 Å². The van der Waals surface area contributed by atoms with Crippen molar-refractivity contribution >= 4 is 18.0 Å². The Morgan fingerprint density at radius 3 is 2.73 bits per heavy atom. The highest BCUT2D eigenvalue weighted by molar-refractivity contribution is 6.11. The maximum Gasteiger partial charge on any atom is 0.326 e. The molecule has 2 heterocycles. The molecule has 1 fully saturated rings. The van der Waals surface area contributed by atoms with Crippen molar-refractivity contribution in [1.29, 1.82) is 0 Å². The Bertz CT molecular complexity index is 443. The smallest absolute Gasteiger partial charge is 0.326 e. The Labute approximate surface area is 85.5 Å². The van der Waals surface area contributed by atoms with Gasteiger partial charge in [0.25, 0.3) is 5.91 Å². The van der Waals surface area contributed by atoms with Gasteiger partial charge in [-0.2, -0.15) is 0 Å². The lowest BCUT2D eigenvalue weighted by Gasteiger charge is -1.88. The van der Waals surface area contributed by atoms with Gasteiger partial charge in [-0.3, -0.25) is 10.1 Å². The SMILES string of the molecule is O=C1NC(=O)/C(=C\C=C\c2ccco2)N1. The number of rotatable bonds is 2. The normalized spacial score (nSPS) is 18.5. The number of hydrogen-bond donors (Lipinski definition) is 2. The molecular formula is C10H8N2O3. The Hall–Kier alpha value is -2.30. The number of imide groups is 1. The van der Waals surface area contributed by atoms with Gasteiger partial charge in [-0.15, -0.1) is 0 Å². The minimum absolute atomic E-state index is 0.225. The fourth-order valence-electron chi connectivity index (χ4n) is 1.12. The number of urea groups is 1. The molecule has 1 aliphatic rings. The molecule has 1 aromatic heterocycles. The number of furan rings is 1. The van der Waals surface area contributed by atoms with Crippen molar-refractivity contribution in [3.05, 3.63) is 42.0 Å². The van der Waals surface area contributed by atoms with Crippen LogP contribution in [0.5, 0.6) is 0 Å². The molecule has 15 heavy (non-hydrogen) atoms. The molecule has 0 radical (unpaired) electrons. The molecule has 5 heteroatoms. The van der Waals surface area contributed by atoms with E-state index in [2.05, 4.69) is 10.6 Å². The molecule has 5 nitrogen and oxygen atoms in total. The van der Waals surface area contributed by atoms with Gasteiger partial charge in [0.1, 0.15) is 11.5 Å². The second kappa shape index (κ2) is 3.83. The van der Waals surface area contributed by atoms with Gasteiger partial charge in [0.05, 0.1) is 6.26 Å². The van der Waals surface area contributed by atoms with Gasteiger partial charge in [-0.1, -0.05) is 6.08 Å². The molecule has 2 N–H and O–H groups in total. The molecule has 1 saturated heterocycles. The first kappa shape index (κ1) is 9.26. The predicted octanol–water partition coefficient (Wildman–Crippen LogP) is 1.02. The van der Waals surface area contributed by atoms with Crippen LogP contribution in [0.4, 0.5) is 4.79 Å². The average Bonchev–Trinajstić information content (AvgIpc) is 2.77. The molecule has 0 spiro atoms. The second-order valence-corrected chi connectivity index (χ2v) is 2.86. The summed E-state index contributed by atoms with van der Waals surface area (Å²) in [4.78, 5) is 21.8. The molecule has 3 amide bonds. The van der Waals surface area contributed by atoms with E-state index >= 15 is 0 Å². The number of carbonyl (C=O) groups excluding carboxylic acids is 2. The molecule has 1 aromatic rings. The summed E-state index contributed by atoms with van der Waals surface area (Å²) in [7, 11) is 0. The zero-order valence-electron chi connectivity index (χ0n) is 7.69. The van der Waals surface area contributed by atoms with Crippen molar-refractivity contribution < 1.29 is 14.0 Å². The van der Waals surface area contributed by atoms with Crippen molar-refractivity contribution in [2.24, 2.45) is 0 Å².